The van der Waals surface area contributed by atoms with Crippen molar-refractivity contribution in [3.05, 3.63) is 23.9 Å². The number of carbonyl (C=O) groups excluding carboxylic acids is 1. The van der Waals surface area contributed by atoms with Crippen molar-refractivity contribution in [1.29, 1.82) is 0 Å². The predicted octanol–water partition coefficient (Wildman–Crippen LogP) is 0.666. The maximum atomic E-state index is 11.3. The Hall–Kier alpha value is -1.62. The number of aromatic nitrogens is 1. The minimum absolute atomic E-state index is 0.350. The molecule has 92 valence electrons. The Balaban J connectivity index is 2.14. The van der Waals surface area contributed by atoms with Gasteiger partial charge in [-0.15, -0.1) is 0 Å². The molecule has 1 N–H and O–H groups in total. The molecule has 1 saturated heterocycles. The highest BCUT2D eigenvalue weighted by atomic mass is 16.5. The average molecular weight is 235 g/mol. The summed E-state index contributed by atoms with van der Waals surface area (Å²) < 4.78 is 4.64. The molecule has 1 aromatic rings. The van der Waals surface area contributed by atoms with E-state index in [1.807, 2.05) is 6.07 Å². The van der Waals surface area contributed by atoms with Gasteiger partial charge in [-0.3, -0.25) is 0 Å². The molecular weight excluding hydrogens is 218 g/mol. The molecule has 5 heteroatoms. The van der Waals surface area contributed by atoms with E-state index in [0.29, 0.717) is 11.6 Å². The van der Waals surface area contributed by atoms with E-state index in [2.05, 4.69) is 26.9 Å². The zero-order chi connectivity index (χ0) is 12.3. The van der Waals surface area contributed by atoms with Gasteiger partial charge in [-0.2, -0.15) is 0 Å². The molecule has 0 aliphatic carbocycles. The lowest BCUT2D eigenvalue weighted by atomic mass is 10.2. The summed E-state index contributed by atoms with van der Waals surface area (Å²) in [4.78, 5) is 17.8. The molecule has 1 aromatic heterocycles. The van der Waals surface area contributed by atoms with E-state index in [-0.39, 0.29) is 5.97 Å². The summed E-state index contributed by atoms with van der Waals surface area (Å²) >= 11 is 0. The summed E-state index contributed by atoms with van der Waals surface area (Å²) in [6, 6.07) is 4.04. The average Bonchev–Trinajstić information content (AvgIpc) is 2.39. The molecule has 1 aliphatic rings. The molecule has 0 unspecified atom stereocenters. The van der Waals surface area contributed by atoms with Crippen molar-refractivity contribution in [2.45, 2.75) is 13.0 Å². The Kier molecular flexibility index (Phi) is 3.58. The molecule has 1 aliphatic heterocycles. The van der Waals surface area contributed by atoms with Crippen molar-refractivity contribution in [2.24, 2.45) is 0 Å². The first-order chi connectivity index (χ1) is 8.22. The van der Waals surface area contributed by atoms with Crippen LogP contribution in [0.25, 0.3) is 0 Å². The molecule has 0 amide bonds. The van der Waals surface area contributed by atoms with E-state index in [1.54, 1.807) is 12.3 Å². The Bertz CT molecular complexity index is 391. The van der Waals surface area contributed by atoms with Crippen LogP contribution in [0, 0.1) is 0 Å². The number of methoxy groups -OCH3 is 1. The van der Waals surface area contributed by atoms with Gasteiger partial charge < -0.3 is 15.0 Å². The normalized spacial score (nSPS) is 20.1. The van der Waals surface area contributed by atoms with Gasteiger partial charge in [0.15, 0.2) is 0 Å². The van der Waals surface area contributed by atoms with Gasteiger partial charge >= 0.3 is 5.97 Å². The van der Waals surface area contributed by atoms with Crippen LogP contribution in [0.3, 0.4) is 0 Å². The first-order valence-corrected chi connectivity index (χ1v) is 5.74. The monoisotopic (exact) mass is 235 g/mol. The first-order valence-electron chi connectivity index (χ1n) is 5.74. The maximum absolute atomic E-state index is 11.3. The third-order valence-corrected chi connectivity index (χ3v) is 2.96. The van der Waals surface area contributed by atoms with Crippen LogP contribution in [-0.4, -0.2) is 43.7 Å². The van der Waals surface area contributed by atoms with E-state index < -0.39 is 0 Å². The van der Waals surface area contributed by atoms with Gasteiger partial charge in [0, 0.05) is 31.9 Å². The number of ether oxygens (including phenoxy) is 1. The topological polar surface area (TPSA) is 54.5 Å². The highest BCUT2D eigenvalue weighted by Gasteiger charge is 2.19. The van der Waals surface area contributed by atoms with E-state index >= 15 is 0 Å². The number of carbonyl (C=O) groups is 1. The number of pyridine rings is 1. The predicted molar refractivity (Wildman–Crippen MR) is 65.3 cm³/mol. The standard InChI is InChI=1S/C12H17N3O2/c1-9-7-13-5-6-15(9)11-4-3-10(8-14-11)12(16)17-2/h3-4,8-9,13H,5-7H2,1-2H3/t9-/m1/s1. The largest absolute Gasteiger partial charge is 0.465 e. The number of hydrogen-bond donors (Lipinski definition) is 1. The Morgan fingerprint density at radius 3 is 3.00 bits per heavy atom. The quantitative estimate of drug-likeness (QED) is 0.763. The van der Waals surface area contributed by atoms with Crippen molar-refractivity contribution in [2.75, 3.05) is 31.6 Å². The minimum atomic E-state index is -0.350. The summed E-state index contributed by atoms with van der Waals surface area (Å²) in [7, 11) is 1.37. The molecule has 17 heavy (non-hydrogen) atoms. The second-order valence-corrected chi connectivity index (χ2v) is 4.14. The second kappa shape index (κ2) is 5.14. The SMILES string of the molecule is COC(=O)c1ccc(N2CCNC[C@H]2C)nc1. The number of esters is 1. The fraction of sp³-hybridized carbons (Fsp3) is 0.500. The number of anilines is 1. The van der Waals surface area contributed by atoms with Gasteiger partial charge in [-0.25, -0.2) is 9.78 Å². The number of nitrogens with one attached hydrogen (secondary N) is 1. The van der Waals surface area contributed by atoms with Crippen LogP contribution < -0.4 is 10.2 Å². The second-order valence-electron chi connectivity index (χ2n) is 4.14. The lowest BCUT2D eigenvalue weighted by Gasteiger charge is -2.34. The molecule has 0 radical (unpaired) electrons. The van der Waals surface area contributed by atoms with E-state index in [0.717, 1.165) is 25.5 Å². The van der Waals surface area contributed by atoms with Gasteiger partial charge in [0.25, 0.3) is 0 Å². The van der Waals surface area contributed by atoms with Crippen LogP contribution in [-0.2, 0) is 4.74 Å². The summed E-state index contributed by atoms with van der Waals surface area (Å²) in [6.07, 6.45) is 1.57. The molecule has 1 fully saturated rings. The van der Waals surface area contributed by atoms with Crippen LogP contribution in [0.1, 0.15) is 17.3 Å². The van der Waals surface area contributed by atoms with Gasteiger partial charge in [0.1, 0.15) is 5.82 Å². The zero-order valence-corrected chi connectivity index (χ0v) is 10.1. The maximum Gasteiger partial charge on any atom is 0.339 e. The number of piperazine rings is 1. The van der Waals surface area contributed by atoms with Crippen LogP contribution in [0.4, 0.5) is 5.82 Å². The summed E-state index contributed by atoms with van der Waals surface area (Å²) in [6.45, 7) is 5.01. The Morgan fingerprint density at radius 1 is 1.59 bits per heavy atom. The fourth-order valence-corrected chi connectivity index (χ4v) is 1.98. The lowest BCUT2D eigenvalue weighted by molar-refractivity contribution is 0.0600. The molecule has 2 heterocycles. The van der Waals surface area contributed by atoms with Crippen LogP contribution in [0.5, 0.6) is 0 Å². The first kappa shape index (κ1) is 11.9. The number of nitrogens with zero attached hydrogens (tertiary/aromatic N) is 2. The minimum Gasteiger partial charge on any atom is -0.465 e. The van der Waals surface area contributed by atoms with Crippen LogP contribution >= 0.6 is 0 Å². The Labute approximate surface area is 101 Å². The summed E-state index contributed by atoms with van der Waals surface area (Å²) in [5, 5.41) is 3.33. The van der Waals surface area contributed by atoms with Crippen molar-refractivity contribution in [3.8, 4) is 0 Å². The van der Waals surface area contributed by atoms with Crippen molar-refractivity contribution >= 4 is 11.8 Å². The molecule has 0 saturated carbocycles. The number of hydrogen-bond acceptors (Lipinski definition) is 5. The summed E-state index contributed by atoms with van der Waals surface area (Å²) in [5.41, 5.74) is 0.485. The third-order valence-electron chi connectivity index (χ3n) is 2.96. The molecule has 1 atom stereocenters. The van der Waals surface area contributed by atoms with E-state index in [9.17, 15) is 4.79 Å². The molecule has 0 aromatic carbocycles. The smallest absolute Gasteiger partial charge is 0.339 e. The van der Waals surface area contributed by atoms with Gasteiger partial charge in [0.2, 0.25) is 0 Å². The molecule has 5 nitrogen and oxygen atoms in total. The van der Waals surface area contributed by atoms with E-state index in [1.165, 1.54) is 7.11 Å². The van der Waals surface area contributed by atoms with Crippen LogP contribution in [0.15, 0.2) is 18.3 Å². The highest BCUT2D eigenvalue weighted by Crippen LogP contribution is 2.15. The highest BCUT2D eigenvalue weighted by molar-refractivity contribution is 5.89. The van der Waals surface area contributed by atoms with Crippen LogP contribution in [0.2, 0.25) is 0 Å². The molecule has 2 rings (SSSR count). The van der Waals surface area contributed by atoms with Crippen molar-refractivity contribution in [1.82, 2.24) is 10.3 Å². The van der Waals surface area contributed by atoms with Crippen molar-refractivity contribution < 1.29 is 9.53 Å². The van der Waals surface area contributed by atoms with Gasteiger partial charge in [-0.05, 0) is 19.1 Å². The molecule has 0 bridgehead atoms. The molecule has 0 spiro atoms. The lowest BCUT2D eigenvalue weighted by Crippen LogP contribution is -2.50. The van der Waals surface area contributed by atoms with Crippen molar-refractivity contribution in [3.63, 3.8) is 0 Å². The van der Waals surface area contributed by atoms with E-state index in [4.69, 9.17) is 0 Å². The third kappa shape index (κ3) is 2.55. The zero-order valence-electron chi connectivity index (χ0n) is 10.1. The fourth-order valence-electron chi connectivity index (χ4n) is 1.98. The van der Waals surface area contributed by atoms with Gasteiger partial charge in [0.05, 0.1) is 12.7 Å². The summed E-state index contributed by atoms with van der Waals surface area (Å²) in [5.74, 6) is 0.559. The number of rotatable bonds is 2. The Morgan fingerprint density at radius 2 is 2.41 bits per heavy atom. The molecular formula is C12H17N3O2. The van der Waals surface area contributed by atoms with Gasteiger partial charge in [-0.1, -0.05) is 0 Å².